The van der Waals surface area contributed by atoms with E-state index in [-0.39, 0.29) is 0 Å². The van der Waals surface area contributed by atoms with Gasteiger partial charge in [0.05, 0.1) is 18.8 Å². The van der Waals surface area contributed by atoms with E-state index in [2.05, 4.69) is 15.3 Å². The van der Waals surface area contributed by atoms with Crippen molar-refractivity contribution >= 4 is 11.9 Å². The van der Waals surface area contributed by atoms with Crippen molar-refractivity contribution in [2.45, 2.75) is 98.4 Å². The first kappa shape index (κ1) is 31.5. The minimum atomic E-state index is -2.17. The fourth-order valence-corrected chi connectivity index (χ4v) is 4.93. The molecular weight excluding hydrogens is 530 g/mol. The van der Waals surface area contributed by atoms with Gasteiger partial charge in [0.15, 0.2) is 30.8 Å². The number of rotatable bonds is 8. The zero-order valence-corrected chi connectivity index (χ0v) is 21.2. The lowest BCUT2D eigenvalue weighted by atomic mass is 9.81. The molecule has 39 heavy (non-hydrogen) atoms. The van der Waals surface area contributed by atoms with Crippen LogP contribution in [-0.4, -0.2) is 158 Å². The Balaban J connectivity index is 1.95. The Bertz CT molecular complexity index is 895. The van der Waals surface area contributed by atoms with E-state index in [9.17, 15) is 40.9 Å². The molecule has 3 fully saturated rings. The van der Waals surface area contributed by atoms with Gasteiger partial charge in [0, 0.05) is 0 Å². The maximum Gasteiger partial charge on any atom is 0.187 e. The molecule has 3 aliphatic rings. The number of nitrogens with one attached hydrogen (secondary N) is 1. The highest BCUT2D eigenvalue weighted by molar-refractivity contribution is 5.76. The van der Waals surface area contributed by atoms with Gasteiger partial charge in [-0.05, 0) is 14.0 Å². The molecule has 2 heterocycles. The van der Waals surface area contributed by atoms with Crippen LogP contribution in [0.2, 0.25) is 0 Å². The SMILES string of the molecule is CN[C@@H]1[C@H](O[C@@H]2[C@H](O[C@@H]3[C@H](O)[C@H](O)[C@H](N=C(N)N)[C@H](O)[C@@H]3N=C(N)N)O[C@H](C)[C@]2(O)CO)O[C@H](O)[C@@H](O)[C@@H]1O. The third-order valence-corrected chi connectivity index (χ3v) is 7.19. The van der Waals surface area contributed by atoms with E-state index in [4.69, 9.17) is 41.9 Å². The molecule has 0 amide bonds. The molecule has 0 radical (unpaired) electrons. The fourth-order valence-electron chi connectivity index (χ4n) is 4.93. The summed E-state index contributed by atoms with van der Waals surface area (Å²) >= 11 is 0. The van der Waals surface area contributed by atoms with Crippen LogP contribution in [-0.2, 0) is 18.9 Å². The zero-order valence-electron chi connectivity index (χ0n) is 21.2. The summed E-state index contributed by atoms with van der Waals surface area (Å²) in [4.78, 5) is 7.63. The monoisotopic (exact) mass is 569 g/mol. The molecule has 15 atom stereocenters. The van der Waals surface area contributed by atoms with Gasteiger partial charge < -0.3 is 88.1 Å². The van der Waals surface area contributed by atoms with Gasteiger partial charge >= 0.3 is 0 Å². The Morgan fingerprint density at radius 2 is 1.41 bits per heavy atom. The van der Waals surface area contributed by atoms with E-state index >= 15 is 0 Å². The van der Waals surface area contributed by atoms with Gasteiger partial charge in [-0.2, -0.15) is 0 Å². The second-order valence-corrected chi connectivity index (χ2v) is 9.70. The van der Waals surface area contributed by atoms with E-state index in [0.717, 1.165) is 0 Å². The maximum atomic E-state index is 11.2. The Hall–Kier alpha value is -1.98. The molecule has 0 aromatic carbocycles. The van der Waals surface area contributed by atoms with Gasteiger partial charge in [0.2, 0.25) is 0 Å². The molecule has 3 rings (SSSR count). The average molecular weight is 570 g/mol. The van der Waals surface area contributed by atoms with Crippen molar-refractivity contribution in [3.63, 3.8) is 0 Å². The Kier molecular flexibility index (Phi) is 9.92. The number of aliphatic imine (C=N–C) groups is 2. The van der Waals surface area contributed by atoms with Crippen LogP contribution >= 0.6 is 0 Å². The third-order valence-electron chi connectivity index (χ3n) is 7.19. The van der Waals surface area contributed by atoms with Gasteiger partial charge in [0.1, 0.15) is 60.4 Å². The highest BCUT2D eigenvalue weighted by Crippen LogP contribution is 2.39. The molecule has 2 saturated heterocycles. The normalized spacial score (nSPS) is 48.5. The van der Waals surface area contributed by atoms with E-state index < -0.39 is 110 Å². The van der Waals surface area contributed by atoms with Gasteiger partial charge in [-0.1, -0.05) is 0 Å². The zero-order chi connectivity index (χ0) is 29.4. The van der Waals surface area contributed by atoms with E-state index in [1.54, 1.807) is 0 Å². The highest BCUT2D eigenvalue weighted by atomic mass is 16.8. The summed E-state index contributed by atoms with van der Waals surface area (Å²) in [6.45, 7) is 0.454. The number of aliphatic hydroxyl groups excluding tert-OH is 7. The van der Waals surface area contributed by atoms with Crippen LogP contribution in [0.25, 0.3) is 0 Å². The molecule has 1 aliphatic carbocycles. The van der Waals surface area contributed by atoms with Crippen molar-refractivity contribution in [3.8, 4) is 0 Å². The standard InChI is InChI=1S/C20H39N7O12/c1-4-20(35,3-28)14(38-16-7(25-2)10(31)12(33)15(34)39-16)17(36-4)37-13-6(27-19(23)24)8(29)5(26-18(21)22)9(30)11(13)32/h4-17,25,28-35H,3H2,1-2H3,(H4,21,22,26)(H4,23,24,27)/t4-,5-,6+,7+,8+,9-,10-,11-,12+,13+,14-,15+,16-,17+,20-/m1/s1. The highest BCUT2D eigenvalue weighted by Gasteiger charge is 2.60. The van der Waals surface area contributed by atoms with Gasteiger partial charge in [-0.15, -0.1) is 0 Å². The van der Waals surface area contributed by atoms with Crippen LogP contribution < -0.4 is 28.3 Å². The Morgan fingerprint density at radius 1 is 0.821 bits per heavy atom. The van der Waals surface area contributed by atoms with Crippen molar-refractivity contribution in [3.05, 3.63) is 0 Å². The maximum absolute atomic E-state index is 11.2. The molecule has 0 unspecified atom stereocenters. The van der Waals surface area contributed by atoms with Crippen LogP contribution in [0.15, 0.2) is 9.98 Å². The second kappa shape index (κ2) is 12.3. The molecule has 0 bridgehead atoms. The Labute approximate surface area is 222 Å². The molecule has 226 valence electrons. The van der Waals surface area contributed by atoms with Crippen molar-refractivity contribution in [2.24, 2.45) is 32.9 Å². The molecule has 0 spiro atoms. The van der Waals surface area contributed by atoms with E-state index in [1.165, 1.54) is 14.0 Å². The number of ether oxygens (including phenoxy) is 4. The molecule has 0 aromatic heterocycles. The number of aliphatic hydroxyl groups is 8. The second-order valence-electron chi connectivity index (χ2n) is 9.70. The summed E-state index contributed by atoms with van der Waals surface area (Å²) < 4.78 is 22.6. The minimum Gasteiger partial charge on any atom is -0.393 e. The fraction of sp³-hybridized carbons (Fsp3) is 0.900. The van der Waals surface area contributed by atoms with E-state index in [1.807, 2.05) is 0 Å². The number of guanidine groups is 2. The molecule has 0 aromatic rings. The topological polar surface area (TPSA) is 340 Å². The first-order valence-electron chi connectivity index (χ1n) is 12.1. The number of hydrogen-bond donors (Lipinski definition) is 13. The average Bonchev–Trinajstić information content (AvgIpc) is 3.10. The summed E-state index contributed by atoms with van der Waals surface area (Å²) in [5.41, 5.74) is 19.6. The summed E-state index contributed by atoms with van der Waals surface area (Å²) in [7, 11) is 1.41. The largest absolute Gasteiger partial charge is 0.393 e. The van der Waals surface area contributed by atoms with Crippen LogP contribution in [0.3, 0.4) is 0 Å². The molecule has 19 heteroatoms. The predicted molar refractivity (Wildman–Crippen MR) is 129 cm³/mol. The molecule has 17 N–H and O–H groups in total. The lowest BCUT2D eigenvalue weighted by Crippen LogP contribution is -2.66. The number of hydrogen-bond acceptors (Lipinski definition) is 15. The van der Waals surface area contributed by atoms with Crippen LogP contribution in [0.4, 0.5) is 0 Å². The summed E-state index contributed by atoms with van der Waals surface area (Å²) in [5.74, 6) is -1.02. The summed E-state index contributed by atoms with van der Waals surface area (Å²) in [5, 5.41) is 86.6. The van der Waals surface area contributed by atoms with Crippen LogP contribution in [0.5, 0.6) is 0 Å². The van der Waals surface area contributed by atoms with Gasteiger partial charge in [-0.3, -0.25) is 0 Å². The number of nitrogens with zero attached hydrogens (tertiary/aromatic N) is 2. The molecule has 1 saturated carbocycles. The van der Waals surface area contributed by atoms with Crippen molar-refractivity contribution in [2.75, 3.05) is 13.7 Å². The summed E-state index contributed by atoms with van der Waals surface area (Å²) in [6, 6.07) is -4.07. The van der Waals surface area contributed by atoms with Gasteiger partial charge in [0.25, 0.3) is 0 Å². The number of nitrogens with two attached hydrogens (primary N) is 4. The quantitative estimate of drug-likeness (QED) is 0.0952. The van der Waals surface area contributed by atoms with E-state index in [0.29, 0.717) is 0 Å². The van der Waals surface area contributed by atoms with Gasteiger partial charge in [-0.25, -0.2) is 9.98 Å². The van der Waals surface area contributed by atoms with Crippen molar-refractivity contribution in [1.82, 2.24) is 5.32 Å². The van der Waals surface area contributed by atoms with Crippen LogP contribution in [0.1, 0.15) is 6.92 Å². The summed E-state index contributed by atoms with van der Waals surface area (Å²) in [6.07, 6.45) is -18.0. The predicted octanol–water partition coefficient (Wildman–Crippen LogP) is -8.41. The minimum absolute atomic E-state index is 0.497. The number of likely N-dealkylation sites (N-methyl/N-ethyl adjacent to an activating group) is 1. The lowest BCUT2D eigenvalue weighted by Gasteiger charge is -2.45. The Morgan fingerprint density at radius 3 is 1.95 bits per heavy atom. The molecule has 2 aliphatic heterocycles. The molecular formula is C20H39N7O12. The third kappa shape index (κ3) is 6.05. The van der Waals surface area contributed by atoms with Crippen molar-refractivity contribution in [1.29, 1.82) is 0 Å². The molecule has 19 nitrogen and oxygen atoms in total. The van der Waals surface area contributed by atoms with Crippen molar-refractivity contribution < 1.29 is 59.8 Å². The first-order valence-corrected chi connectivity index (χ1v) is 12.1. The first-order chi connectivity index (χ1) is 18.2. The lowest BCUT2D eigenvalue weighted by molar-refractivity contribution is -0.345. The van der Waals surface area contributed by atoms with Crippen LogP contribution in [0, 0.1) is 0 Å². The smallest absolute Gasteiger partial charge is 0.187 e.